The van der Waals surface area contributed by atoms with Crippen LogP contribution in [0.1, 0.15) is 11.1 Å². The largest absolute Gasteiger partial charge is 0.399 e. The van der Waals surface area contributed by atoms with Gasteiger partial charge in [0, 0.05) is 5.69 Å². The quantitative estimate of drug-likeness (QED) is 0.645. The highest BCUT2D eigenvalue weighted by molar-refractivity contribution is 5.47. The summed E-state index contributed by atoms with van der Waals surface area (Å²) in [6, 6.07) is 18.1. The lowest BCUT2D eigenvalue weighted by Gasteiger charge is -1.98. The number of aryl methyl sites for hydroxylation is 2. The van der Waals surface area contributed by atoms with Crippen molar-refractivity contribution in [3.8, 4) is 0 Å². The third-order valence-corrected chi connectivity index (χ3v) is 2.10. The fraction of sp³-hybridized carbons (Fsp3) is 0.143. The molecule has 2 rings (SSSR count). The molecule has 2 aromatic rings. The second-order valence-corrected chi connectivity index (χ2v) is 3.51. The first-order valence-electron chi connectivity index (χ1n) is 5.03. The summed E-state index contributed by atoms with van der Waals surface area (Å²) in [7, 11) is 0. The molecule has 0 aromatic heterocycles. The molecular weight excluding hydrogens is 182 g/mol. The first-order chi connectivity index (χ1) is 7.20. The van der Waals surface area contributed by atoms with Gasteiger partial charge in [0.1, 0.15) is 0 Å². The van der Waals surface area contributed by atoms with E-state index in [1.165, 1.54) is 5.56 Å². The highest BCUT2D eigenvalue weighted by Crippen LogP contribution is 2.10. The van der Waals surface area contributed by atoms with Crippen LogP contribution in [0.4, 0.5) is 5.69 Å². The van der Waals surface area contributed by atoms with Gasteiger partial charge in [-0.25, -0.2) is 0 Å². The second kappa shape index (κ2) is 5.86. The van der Waals surface area contributed by atoms with E-state index in [2.05, 4.69) is 6.07 Å². The Morgan fingerprint density at radius 1 is 0.800 bits per heavy atom. The Hall–Kier alpha value is -1.76. The molecule has 0 aliphatic heterocycles. The zero-order chi connectivity index (χ0) is 11.1. The zero-order valence-electron chi connectivity index (χ0n) is 9.27. The van der Waals surface area contributed by atoms with Crippen LogP contribution in [0.3, 0.4) is 0 Å². The third-order valence-electron chi connectivity index (χ3n) is 2.10. The van der Waals surface area contributed by atoms with Gasteiger partial charge < -0.3 is 5.73 Å². The van der Waals surface area contributed by atoms with Crippen LogP contribution in [0.15, 0.2) is 54.6 Å². The molecule has 0 saturated heterocycles. The molecule has 0 spiro atoms. The fourth-order valence-corrected chi connectivity index (χ4v) is 1.14. The maximum absolute atomic E-state index is 5.62. The van der Waals surface area contributed by atoms with Gasteiger partial charge in [0.25, 0.3) is 0 Å². The smallest absolute Gasteiger partial charge is 0.0346 e. The van der Waals surface area contributed by atoms with Crippen molar-refractivity contribution < 1.29 is 0 Å². The van der Waals surface area contributed by atoms with Crippen LogP contribution in [0, 0.1) is 13.8 Å². The van der Waals surface area contributed by atoms with E-state index in [1.54, 1.807) is 0 Å². The molecular formula is C14H17N. The summed E-state index contributed by atoms with van der Waals surface area (Å²) >= 11 is 0. The summed E-state index contributed by atoms with van der Waals surface area (Å²) in [5, 5.41) is 0. The molecule has 78 valence electrons. The molecule has 2 aromatic carbocycles. The molecule has 0 atom stereocenters. The van der Waals surface area contributed by atoms with Gasteiger partial charge in [0.05, 0.1) is 0 Å². The number of hydrogen-bond acceptors (Lipinski definition) is 1. The van der Waals surface area contributed by atoms with Crippen LogP contribution in [0.5, 0.6) is 0 Å². The summed E-state index contributed by atoms with van der Waals surface area (Å²) < 4.78 is 0. The predicted molar refractivity (Wildman–Crippen MR) is 66.8 cm³/mol. The van der Waals surface area contributed by atoms with E-state index in [0.717, 1.165) is 11.3 Å². The maximum Gasteiger partial charge on any atom is 0.0346 e. The molecule has 1 heteroatoms. The Balaban J connectivity index is 0.000000162. The highest BCUT2D eigenvalue weighted by Gasteiger charge is 1.89. The van der Waals surface area contributed by atoms with Crippen LogP contribution in [-0.4, -0.2) is 0 Å². The van der Waals surface area contributed by atoms with Crippen molar-refractivity contribution in [1.29, 1.82) is 0 Å². The van der Waals surface area contributed by atoms with Crippen molar-refractivity contribution >= 4 is 5.69 Å². The van der Waals surface area contributed by atoms with Crippen LogP contribution >= 0.6 is 0 Å². The Kier molecular flexibility index (Phi) is 4.42. The molecule has 0 radical (unpaired) electrons. The molecule has 1 nitrogen and oxygen atoms in total. The second-order valence-electron chi connectivity index (χ2n) is 3.51. The Morgan fingerprint density at radius 3 is 1.60 bits per heavy atom. The number of benzene rings is 2. The Morgan fingerprint density at radius 2 is 1.27 bits per heavy atom. The van der Waals surface area contributed by atoms with Gasteiger partial charge in [-0.3, -0.25) is 0 Å². The van der Waals surface area contributed by atoms with Crippen LogP contribution < -0.4 is 5.73 Å². The van der Waals surface area contributed by atoms with E-state index in [4.69, 9.17) is 5.73 Å². The van der Waals surface area contributed by atoms with Gasteiger partial charge in [0.2, 0.25) is 0 Å². The molecule has 2 N–H and O–H groups in total. The van der Waals surface area contributed by atoms with Crippen molar-refractivity contribution in [2.45, 2.75) is 13.8 Å². The summed E-state index contributed by atoms with van der Waals surface area (Å²) in [6.07, 6.45) is 0. The van der Waals surface area contributed by atoms with E-state index in [1.807, 2.05) is 62.4 Å². The lowest BCUT2D eigenvalue weighted by atomic mass is 10.1. The van der Waals surface area contributed by atoms with E-state index in [-0.39, 0.29) is 0 Å². The van der Waals surface area contributed by atoms with E-state index < -0.39 is 0 Å². The maximum atomic E-state index is 5.62. The van der Waals surface area contributed by atoms with Crippen molar-refractivity contribution in [2.75, 3.05) is 5.73 Å². The summed E-state index contributed by atoms with van der Waals surface area (Å²) in [6.45, 7) is 4.05. The van der Waals surface area contributed by atoms with E-state index >= 15 is 0 Å². The number of rotatable bonds is 0. The fourth-order valence-electron chi connectivity index (χ4n) is 1.14. The number of hydrogen-bond donors (Lipinski definition) is 1. The van der Waals surface area contributed by atoms with Gasteiger partial charge in [-0.05, 0) is 31.0 Å². The highest BCUT2D eigenvalue weighted by atomic mass is 14.5. The molecule has 15 heavy (non-hydrogen) atoms. The zero-order valence-corrected chi connectivity index (χ0v) is 9.27. The molecule has 0 saturated carbocycles. The van der Waals surface area contributed by atoms with Crippen LogP contribution in [0.2, 0.25) is 0 Å². The van der Waals surface area contributed by atoms with Gasteiger partial charge >= 0.3 is 0 Å². The van der Waals surface area contributed by atoms with Crippen LogP contribution in [0.25, 0.3) is 0 Å². The minimum Gasteiger partial charge on any atom is -0.399 e. The van der Waals surface area contributed by atoms with E-state index in [9.17, 15) is 0 Å². The summed E-state index contributed by atoms with van der Waals surface area (Å²) in [5.74, 6) is 0. The lowest BCUT2D eigenvalue weighted by molar-refractivity contribution is 1.40. The molecule has 0 heterocycles. The van der Waals surface area contributed by atoms with Crippen LogP contribution in [-0.2, 0) is 0 Å². The van der Waals surface area contributed by atoms with Gasteiger partial charge in [-0.1, -0.05) is 48.5 Å². The topological polar surface area (TPSA) is 26.0 Å². The first-order valence-corrected chi connectivity index (χ1v) is 5.03. The van der Waals surface area contributed by atoms with Crippen molar-refractivity contribution in [1.82, 2.24) is 0 Å². The molecule has 0 bridgehead atoms. The van der Waals surface area contributed by atoms with Crippen molar-refractivity contribution in [2.24, 2.45) is 0 Å². The normalized spacial score (nSPS) is 8.93. The molecule has 0 amide bonds. The lowest BCUT2D eigenvalue weighted by Crippen LogP contribution is -1.88. The minimum atomic E-state index is 0.884. The first kappa shape index (κ1) is 11.3. The summed E-state index contributed by atoms with van der Waals surface area (Å²) in [4.78, 5) is 0. The number of nitrogens with two attached hydrogens (primary N) is 1. The number of anilines is 1. The van der Waals surface area contributed by atoms with Crippen molar-refractivity contribution in [3.05, 3.63) is 65.7 Å². The monoisotopic (exact) mass is 199 g/mol. The van der Waals surface area contributed by atoms with Gasteiger partial charge in [-0.2, -0.15) is 0 Å². The van der Waals surface area contributed by atoms with Gasteiger partial charge in [-0.15, -0.1) is 0 Å². The molecule has 0 aliphatic rings. The standard InChI is InChI=1S/C8H11N.C6H6/c1-6-3-4-7(2)8(9)5-6;1-2-4-6-5-3-1/h3-5H,9H2,1-2H3;1-6H. The Bertz CT molecular complexity index is 367. The number of nitrogen functional groups attached to an aromatic ring is 1. The molecule has 0 aliphatic carbocycles. The molecule has 0 fully saturated rings. The minimum absolute atomic E-state index is 0.884. The Labute approximate surface area is 91.6 Å². The van der Waals surface area contributed by atoms with Gasteiger partial charge in [0.15, 0.2) is 0 Å². The third kappa shape index (κ3) is 4.32. The van der Waals surface area contributed by atoms with E-state index in [0.29, 0.717) is 0 Å². The van der Waals surface area contributed by atoms with Crippen molar-refractivity contribution in [3.63, 3.8) is 0 Å². The molecule has 0 unspecified atom stereocenters. The average molecular weight is 199 g/mol. The SMILES string of the molecule is Cc1ccc(C)c(N)c1.c1ccccc1. The predicted octanol–water partition coefficient (Wildman–Crippen LogP) is 3.57. The summed E-state index contributed by atoms with van der Waals surface area (Å²) in [5.41, 5.74) is 8.88. The average Bonchev–Trinajstić information content (AvgIpc) is 2.27.